The summed E-state index contributed by atoms with van der Waals surface area (Å²) in [5.74, 6) is -3.09. The minimum absolute atomic E-state index is 0.0423. The van der Waals surface area contributed by atoms with E-state index in [1.807, 2.05) is 50.3 Å². The number of Topliss-reactive ketones (excluding diaryl/α,β-unsaturated/α-hetero) is 2. The summed E-state index contributed by atoms with van der Waals surface area (Å²) < 4.78 is 24.0. The summed E-state index contributed by atoms with van der Waals surface area (Å²) in [5.41, 5.74) is 2.82. The molecule has 0 aromatic rings. The summed E-state index contributed by atoms with van der Waals surface area (Å²) >= 11 is 0. The molecule has 0 aromatic heterocycles. The molecule has 3 N–H and O–H groups in total. The number of carbonyl (C=O) groups excluding carboxylic acids is 4. The third-order valence-electron chi connectivity index (χ3n) is 13.5. The number of carbonyl (C=O) groups is 4. The van der Waals surface area contributed by atoms with Crippen LogP contribution in [0.3, 0.4) is 0 Å². The van der Waals surface area contributed by atoms with Crippen molar-refractivity contribution in [3.05, 3.63) is 59.3 Å². The Labute approximate surface area is 357 Å². The number of allylic oxidation sites excluding steroid dienone is 7. The Morgan fingerprint density at radius 3 is 2.40 bits per heavy atom. The van der Waals surface area contributed by atoms with Gasteiger partial charge in [0.15, 0.2) is 0 Å². The highest BCUT2D eigenvalue weighted by Gasteiger charge is 2.48. The van der Waals surface area contributed by atoms with Crippen molar-refractivity contribution >= 4 is 23.4 Å². The number of esters is 1. The van der Waals surface area contributed by atoms with E-state index in [0.717, 1.165) is 36.0 Å². The second-order valence-electron chi connectivity index (χ2n) is 18.3. The normalized spacial score (nSPS) is 37.9. The van der Waals surface area contributed by atoms with Crippen molar-refractivity contribution in [3.8, 4) is 0 Å². The lowest BCUT2D eigenvalue weighted by Crippen LogP contribution is -2.54. The molecule has 3 bridgehead atoms. The van der Waals surface area contributed by atoms with Crippen LogP contribution in [-0.4, -0.2) is 120 Å². The molecule has 3 heterocycles. The van der Waals surface area contributed by atoms with Crippen LogP contribution in [0.1, 0.15) is 111 Å². The van der Waals surface area contributed by atoms with Crippen molar-refractivity contribution in [2.45, 2.75) is 160 Å². The van der Waals surface area contributed by atoms with Crippen molar-refractivity contribution < 1.29 is 53.4 Å². The standard InChI is InChI=1S/C48H71NO11/c1-29-13-16-36(50)17-14-31(3)46-39(24-33-15-18-43(41(51)25-33)59-28-42(52)34-11-9-7-8-10-12-34)35-19-20-49(40(26-35)48(56)60-46)47(55)45(54)44(53)32(4)23-38(58-6)27-37(57-5)22-30(2)21-29/h7,9-13,24,30-33,35,37-38,40-44,46,51-53H,8,14-23,25-28H2,1-6H3/b29-13+,39-24+/t30?,31-,32?,33+,35?,37+,38?,40?,41?,42?,43-,44?,46+/m1/s1. The second kappa shape index (κ2) is 22.7. The van der Waals surface area contributed by atoms with Crippen molar-refractivity contribution in [2.75, 3.05) is 27.4 Å². The molecule has 5 rings (SSSR count). The van der Waals surface area contributed by atoms with E-state index in [9.17, 15) is 34.5 Å². The Balaban J connectivity index is 1.37. The number of nitrogens with zero attached hydrogens (tertiary/aromatic N) is 1. The molecule has 0 aromatic carbocycles. The van der Waals surface area contributed by atoms with Crippen LogP contribution in [0.25, 0.3) is 0 Å². The molecular formula is C48H71NO11. The van der Waals surface area contributed by atoms with Gasteiger partial charge < -0.3 is 39.2 Å². The maximum Gasteiger partial charge on any atom is 0.329 e. The number of aliphatic hydroxyl groups excluding tert-OH is 3. The fourth-order valence-corrected chi connectivity index (χ4v) is 9.85. The van der Waals surface area contributed by atoms with Crippen LogP contribution in [0.5, 0.6) is 0 Å². The zero-order valence-electron chi connectivity index (χ0n) is 36.7. The van der Waals surface area contributed by atoms with E-state index in [4.69, 9.17) is 18.9 Å². The highest BCUT2D eigenvalue weighted by atomic mass is 16.5. The molecule has 0 radical (unpaired) electrons. The SMILES string of the molecule is COC1CC(C)C(O)C(=O)C(=O)N2CCC3CC2C(=O)O[C@H](/C3=C/[C@@H]2CC[C@@H](OCC(O)C3=CC=CCC=C3)C(O)C2)[C@H](C)CCC(=O)C/C=C(\C)CC(C)C[C@H](OC)C1. The van der Waals surface area contributed by atoms with E-state index in [1.54, 1.807) is 21.1 Å². The minimum Gasteiger partial charge on any atom is -0.456 e. The summed E-state index contributed by atoms with van der Waals surface area (Å²) in [6.07, 6.45) is 15.9. The Kier molecular flexibility index (Phi) is 18.1. The van der Waals surface area contributed by atoms with Crippen LogP contribution in [-0.2, 0) is 38.1 Å². The minimum atomic E-state index is -1.58. The zero-order valence-corrected chi connectivity index (χ0v) is 36.7. The number of ketones is 2. The number of aliphatic hydroxyl groups is 3. The lowest BCUT2D eigenvalue weighted by Gasteiger charge is -2.37. The first-order valence-electron chi connectivity index (χ1n) is 22.4. The molecular weight excluding hydrogens is 767 g/mol. The van der Waals surface area contributed by atoms with E-state index >= 15 is 0 Å². The average molecular weight is 838 g/mol. The van der Waals surface area contributed by atoms with E-state index < -0.39 is 60.1 Å². The second-order valence-corrected chi connectivity index (χ2v) is 18.3. The number of hydrogen-bond acceptors (Lipinski definition) is 11. The van der Waals surface area contributed by atoms with Gasteiger partial charge in [0.05, 0.1) is 31.0 Å². The number of ether oxygens (including phenoxy) is 4. The Morgan fingerprint density at radius 2 is 1.67 bits per heavy atom. The number of piperidine rings is 1. The maximum atomic E-state index is 14.1. The lowest BCUT2D eigenvalue weighted by atomic mass is 9.76. The van der Waals surface area contributed by atoms with Gasteiger partial charge in [0, 0.05) is 33.6 Å². The Bertz CT molecular complexity index is 1650. The molecule has 1 saturated carbocycles. The molecule has 1 amide bonds. The van der Waals surface area contributed by atoms with Gasteiger partial charge in [-0.15, -0.1) is 0 Å². The molecule has 2 saturated heterocycles. The van der Waals surface area contributed by atoms with Crippen molar-refractivity contribution in [3.63, 3.8) is 0 Å². The first kappa shape index (κ1) is 47.8. The van der Waals surface area contributed by atoms with E-state index in [2.05, 4.69) is 13.0 Å². The molecule has 60 heavy (non-hydrogen) atoms. The summed E-state index contributed by atoms with van der Waals surface area (Å²) in [5, 5.41) is 33.3. The molecule has 3 aliphatic heterocycles. The van der Waals surface area contributed by atoms with Gasteiger partial charge in [0.25, 0.3) is 5.91 Å². The Morgan fingerprint density at radius 1 is 0.917 bits per heavy atom. The average Bonchev–Trinajstić information content (AvgIpc) is 3.57. The van der Waals surface area contributed by atoms with Gasteiger partial charge in [-0.05, 0) is 118 Å². The predicted octanol–water partition coefficient (Wildman–Crippen LogP) is 5.92. The zero-order chi connectivity index (χ0) is 43.5. The fraction of sp³-hybridized carbons (Fsp3) is 0.708. The summed E-state index contributed by atoms with van der Waals surface area (Å²) in [6, 6.07) is -1.01. The van der Waals surface area contributed by atoms with Gasteiger partial charge in [-0.25, -0.2) is 4.79 Å². The monoisotopic (exact) mass is 838 g/mol. The van der Waals surface area contributed by atoms with Crippen LogP contribution in [0.2, 0.25) is 0 Å². The van der Waals surface area contributed by atoms with Crippen molar-refractivity contribution in [1.29, 1.82) is 0 Å². The van der Waals surface area contributed by atoms with Gasteiger partial charge >= 0.3 is 5.97 Å². The molecule has 12 nitrogen and oxygen atoms in total. The molecule has 334 valence electrons. The van der Waals surface area contributed by atoms with Gasteiger partial charge in [-0.2, -0.15) is 0 Å². The molecule has 2 aliphatic carbocycles. The van der Waals surface area contributed by atoms with Crippen molar-refractivity contribution in [2.24, 2.45) is 29.6 Å². The summed E-state index contributed by atoms with van der Waals surface area (Å²) in [6.45, 7) is 8.12. The molecule has 3 fully saturated rings. The van der Waals surface area contributed by atoms with E-state index in [0.29, 0.717) is 57.8 Å². The number of rotatable bonds is 7. The maximum absolute atomic E-state index is 14.1. The van der Waals surface area contributed by atoms with E-state index in [-0.39, 0.29) is 61.2 Å². The topological polar surface area (TPSA) is 169 Å². The quantitative estimate of drug-likeness (QED) is 0.158. The van der Waals surface area contributed by atoms with Crippen LogP contribution >= 0.6 is 0 Å². The third-order valence-corrected chi connectivity index (χ3v) is 13.5. The van der Waals surface area contributed by atoms with Crippen LogP contribution < -0.4 is 0 Å². The summed E-state index contributed by atoms with van der Waals surface area (Å²) in [4.78, 5) is 56.2. The van der Waals surface area contributed by atoms with Gasteiger partial charge in [-0.1, -0.05) is 68.9 Å². The number of amides is 1. The van der Waals surface area contributed by atoms with Crippen LogP contribution in [0.15, 0.2) is 59.3 Å². The highest BCUT2D eigenvalue weighted by molar-refractivity contribution is 6.38. The van der Waals surface area contributed by atoms with Gasteiger partial charge in [0.2, 0.25) is 5.78 Å². The largest absolute Gasteiger partial charge is 0.456 e. The number of methoxy groups -OCH3 is 2. The van der Waals surface area contributed by atoms with Crippen LogP contribution in [0.4, 0.5) is 0 Å². The first-order valence-corrected chi connectivity index (χ1v) is 22.4. The van der Waals surface area contributed by atoms with Crippen molar-refractivity contribution in [1.82, 2.24) is 4.90 Å². The molecule has 8 unspecified atom stereocenters. The summed E-state index contributed by atoms with van der Waals surface area (Å²) in [7, 11) is 3.25. The molecule has 13 atom stereocenters. The first-order chi connectivity index (χ1) is 28.7. The van der Waals surface area contributed by atoms with E-state index in [1.165, 1.54) is 4.90 Å². The smallest absolute Gasteiger partial charge is 0.329 e. The molecule has 0 spiro atoms. The van der Waals surface area contributed by atoms with Gasteiger partial charge in [-0.3, -0.25) is 14.4 Å². The molecule has 5 aliphatic rings. The number of fused-ring (bicyclic) bond motifs is 3. The highest BCUT2D eigenvalue weighted by Crippen LogP contribution is 2.41. The lowest BCUT2D eigenvalue weighted by molar-refractivity contribution is -0.163. The Hall–Kier alpha value is -3.26. The molecule has 12 heteroatoms. The third kappa shape index (κ3) is 12.9. The fourth-order valence-electron chi connectivity index (χ4n) is 9.85. The van der Waals surface area contributed by atoms with Crippen LogP contribution in [0, 0.1) is 29.6 Å². The van der Waals surface area contributed by atoms with Gasteiger partial charge in [0.1, 0.15) is 30.1 Å². The number of hydrogen-bond donors (Lipinski definition) is 3. The predicted molar refractivity (Wildman–Crippen MR) is 227 cm³/mol.